The number of hydrogen-bond donors (Lipinski definition) is 4. The summed E-state index contributed by atoms with van der Waals surface area (Å²) in [7, 11) is 0. The van der Waals surface area contributed by atoms with Gasteiger partial charge in [-0.15, -0.1) is 0 Å². The lowest BCUT2D eigenvalue weighted by atomic mass is 9.93. The molecule has 0 unspecified atom stereocenters. The van der Waals surface area contributed by atoms with Gasteiger partial charge in [0.15, 0.2) is 0 Å². The Kier molecular flexibility index (Phi) is 5.17. The topological polar surface area (TPSA) is 84.2 Å². The maximum absolute atomic E-state index is 14.2. The largest absolute Gasteiger partial charge is 0.395 e. The molecule has 3 rings (SSSR count). The van der Waals surface area contributed by atoms with E-state index < -0.39 is 42.6 Å². The van der Waals surface area contributed by atoms with E-state index in [9.17, 15) is 29.2 Å². The molecule has 1 aromatic rings. The average molecular weight is 343 g/mol. The number of hydrogen-bond acceptors (Lipinski definition) is 5. The number of nitrogens with zero attached hydrogens (tertiary/aromatic N) is 1. The molecule has 24 heavy (non-hydrogen) atoms. The molecule has 4 atom stereocenters. The average Bonchev–Trinajstić information content (AvgIpc) is 3.36. The van der Waals surface area contributed by atoms with E-state index in [0.717, 1.165) is 12.8 Å². The fraction of sp³-hybridized carbons (Fsp3) is 0.647. The van der Waals surface area contributed by atoms with Crippen molar-refractivity contribution in [1.29, 1.82) is 0 Å². The Hall–Kier alpha value is -1.12. The quantitative estimate of drug-likeness (QED) is 0.611. The van der Waals surface area contributed by atoms with Gasteiger partial charge in [0.25, 0.3) is 0 Å². The SMILES string of the molecule is OC[C@@H]1[C@@H](O)[C@H](O)[C@@H](O)CN1CCc1c(F)cc(C2CC2)cc1F. The minimum atomic E-state index is -1.34. The highest BCUT2D eigenvalue weighted by Gasteiger charge is 2.40. The third-order valence-electron chi connectivity index (χ3n) is 5.08. The summed E-state index contributed by atoms with van der Waals surface area (Å²) in [6.07, 6.45) is -1.86. The number of halogens is 2. The zero-order valence-corrected chi connectivity index (χ0v) is 13.3. The van der Waals surface area contributed by atoms with Crippen molar-refractivity contribution >= 4 is 0 Å². The first kappa shape index (κ1) is 17.7. The van der Waals surface area contributed by atoms with Gasteiger partial charge < -0.3 is 20.4 Å². The fourth-order valence-electron chi connectivity index (χ4n) is 3.40. The van der Waals surface area contributed by atoms with E-state index in [0.29, 0.717) is 5.56 Å². The maximum atomic E-state index is 14.2. The number of likely N-dealkylation sites (tertiary alicyclic amines) is 1. The molecule has 1 saturated heterocycles. The van der Waals surface area contributed by atoms with Gasteiger partial charge in [0.05, 0.1) is 18.8 Å². The van der Waals surface area contributed by atoms with Gasteiger partial charge in [-0.05, 0) is 42.9 Å². The minimum absolute atomic E-state index is 0.0207. The molecule has 0 spiro atoms. The zero-order chi connectivity index (χ0) is 17.4. The van der Waals surface area contributed by atoms with Crippen LogP contribution in [0.15, 0.2) is 12.1 Å². The zero-order valence-electron chi connectivity index (χ0n) is 13.3. The molecule has 1 aromatic carbocycles. The van der Waals surface area contributed by atoms with Crippen molar-refractivity contribution in [2.45, 2.75) is 49.5 Å². The van der Waals surface area contributed by atoms with Gasteiger partial charge in [-0.3, -0.25) is 4.90 Å². The number of piperidine rings is 1. The predicted octanol–water partition coefficient (Wildman–Crippen LogP) is 0.144. The molecule has 1 heterocycles. The molecule has 0 amide bonds. The van der Waals surface area contributed by atoms with Gasteiger partial charge in [0.1, 0.15) is 23.8 Å². The Morgan fingerprint density at radius 2 is 1.67 bits per heavy atom. The number of benzene rings is 1. The predicted molar refractivity (Wildman–Crippen MR) is 82.5 cm³/mol. The van der Waals surface area contributed by atoms with E-state index in [2.05, 4.69) is 0 Å². The standard InChI is InChI=1S/C17H23F2NO4/c18-12-5-10(9-1-2-9)6-13(19)11(12)3-4-20-7-15(22)17(24)16(23)14(20)8-21/h5-6,9,14-17,21-24H,1-4,7-8H2/t14-,15+,16-,17-/m1/s1. The van der Waals surface area contributed by atoms with Crippen LogP contribution >= 0.6 is 0 Å². The van der Waals surface area contributed by atoms with Gasteiger partial charge in [0, 0.05) is 18.7 Å². The van der Waals surface area contributed by atoms with Crippen LogP contribution in [-0.4, -0.2) is 69.4 Å². The van der Waals surface area contributed by atoms with Crippen molar-refractivity contribution in [2.75, 3.05) is 19.7 Å². The Balaban J connectivity index is 1.70. The van der Waals surface area contributed by atoms with Crippen molar-refractivity contribution in [3.05, 3.63) is 34.9 Å². The summed E-state index contributed by atoms with van der Waals surface area (Å²) in [6.45, 7) is -0.244. The summed E-state index contributed by atoms with van der Waals surface area (Å²) in [6, 6.07) is 1.98. The highest BCUT2D eigenvalue weighted by Crippen LogP contribution is 2.41. The van der Waals surface area contributed by atoms with Gasteiger partial charge >= 0.3 is 0 Å². The van der Waals surface area contributed by atoms with E-state index in [1.165, 1.54) is 12.1 Å². The van der Waals surface area contributed by atoms with Crippen LogP contribution in [0.1, 0.15) is 29.9 Å². The Morgan fingerprint density at radius 1 is 1.04 bits per heavy atom. The van der Waals surface area contributed by atoms with E-state index in [4.69, 9.17) is 0 Å². The second-order valence-corrected chi connectivity index (χ2v) is 6.78. The third kappa shape index (κ3) is 3.45. The molecule has 0 bridgehead atoms. The van der Waals surface area contributed by atoms with Crippen LogP contribution < -0.4 is 0 Å². The smallest absolute Gasteiger partial charge is 0.129 e. The summed E-state index contributed by atoms with van der Waals surface area (Å²) in [5.74, 6) is -0.915. The number of aliphatic hydroxyl groups is 4. The lowest BCUT2D eigenvalue weighted by molar-refractivity contribution is -0.144. The fourth-order valence-corrected chi connectivity index (χ4v) is 3.40. The molecular formula is C17H23F2NO4. The summed E-state index contributed by atoms with van der Waals surface area (Å²) in [5, 5.41) is 38.8. The van der Waals surface area contributed by atoms with Crippen LogP contribution in [0, 0.1) is 11.6 Å². The first-order chi connectivity index (χ1) is 11.4. The maximum Gasteiger partial charge on any atom is 0.129 e. The van der Waals surface area contributed by atoms with Crippen LogP contribution in [0.3, 0.4) is 0 Å². The van der Waals surface area contributed by atoms with E-state index in [1.807, 2.05) is 0 Å². The van der Waals surface area contributed by atoms with E-state index in [1.54, 1.807) is 4.90 Å². The van der Waals surface area contributed by atoms with Gasteiger partial charge in [-0.1, -0.05) is 0 Å². The first-order valence-electron chi connectivity index (χ1n) is 8.29. The van der Waals surface area contributed by atoms with Crippen LogP contribution in [0.25, 0.3) is 0 Å². The van der Waals surface area contributed by atoms with Gasteiger partial charge in [-0.2, -0.15) is 0 Å². The van der Waals surface area contributed by atoms with Gasteiger partial charge in [-0.25, -0.2) is 8.78 Å². The lowest BCUT2D eigenvalue weighted by Gasteiger charge is -2.43. The van der Waals surface area contributed by atoms with Crippen LogP contribution in [0.2, 0.25) is 0 Å². The Morgan fingerprint density at radius 3 is 2.21 bits per heavy atom. The lowest BCUT2D eigenvalue weighted by Crippen LogP contribution is -2.62. The molecule has 1 saturated carbocycles. The summed E-state index contributed by atoms with van der Waals surface area (Å²) in [5.41, 5.74) is 0.653. The molecular weight excluding hydrogens is 320 g/mol. The normalized spacial score (nSPS) is 31.4. The molecule has 4 N–H and O–H groups in total. The molecule has 0 aromatic heterocycles. The van der Waals surface area contributed by atoms with Crippen molar-refractivity contribution in [3.8, 4) is 0 Å². The second kappa shape index (κ2) is 7.01. The van der Waals surface area contributed by atoms with Crippen molar-refractivity contribution in [1.82, 2.24) is 4.90 Å². The van der Waals surface area contributed by atoms with Gasteiger partial charge in [0.2, 0.25) is 0 Å². The monoisotopic (exact) mass is 343 g/mol. The molecule has 1 aliphatic carbocycles. The minimum Gasteiger partial charge on any atom is -0.395 e. The molecule has 7 heteroatoms. The van der Waals surface area contributed by atoms with E-state index >= 15 is 0 Å². The summed E-state index contributed by atoms with van der Waals surface area (Å²) >= 11 is 0. The van der Waals surface area contributed by atoms with Crippen LogP contribution in [-0.2, 0) is 6.42 Å². The first-order valence-corrected chi connectivity index (χ1v) is 8.29. The van der Waals surface area contributed by atoms with Crippen LogP contribution in [0.5, 0.6) is 0 Å². The summed E-state index contributed by atoms with van der Waals surface area (Å²) in [4.78, 5) is 1.55. The van der Waals surface area contributed by atoms with E-state index in [-0.39, 0.29) is 31.0 Å². The van der Waals surface area contributed by atoms with Crippen molar-refractivity contribution in [2.24, 2.45) is 0 Å². The molecule has 134 valence electrons. The highest BCUT2D eigenvalue weighted by atomic mass is 19.1. The number of β-amino-alcohol motifs (C(OH)–C–C–N with tert-alkyl or cyclic N) is 1. The third-order valence-corrected chi connectivity index (χ3v) is 5.08. The summed E-state index contributed by atoms with van der Waals surface area (Å²) < 4.78 is 28.4. The van der Waals surface area contributed by atoms with Crippen molar-refractivity contribution in [3.63, 3.8) is 0 Å². The molecule has 2 fully saturated rings. The molecule has 0 radical (unpaired) electrons. The molecule has 2 aliphatic rings. The van der Waals surface area contributed by atoms with Crippen molar-refractivity contribution < 1.29 is 29.2 Å². The van der Waals surface area contributed by atoms with Crippen LogP contribution in [0.4, 0.5) is 8.78 Å². The number of rotatable bonds is 5. The Bertz CT molecular complexity index is 573. The highest BCUT2D eigenvalue weighted by molar-refractivity contribution is 5.31. The Labute approximate surface area is 139 Å². The molecule has 1 aliphatic heterocycles. The molecule has 5 nitrogen and oxygen atoms in total. The number of aliphatic hydroxyl groups excluding tert-OH is 4. The second-order valence-electron chi connectivity index (χ2n) is 6.78.